The highest BCUT2D eigenvalue weighted by molar-refractivity contribution is 7.89. The van der Waals surface area contributed by atoms with E-state index in [1.165, 1.54) is 30.5 Å². The number of hydrogen-bond acceptors (Lipinski definition) is 2. The van der Waals surface area contributed by atoms with E-state index in [1.54, 1.807) is 6.92 Å². The van der Waals surface area contributed by atoms with Crippen molar-refractivity contribution in [2.75, 3.05) is 6.54 Å². The Morgan fingerprint density at radius 3 is 2.75 bits per heavy atom. The summed E-state index contributed by atoms with van der Waals surface area (Å²) in [5.74, 6) is -0.497. The van der Waals surface area contributed by atoms with Gasteiger partial charge in [0.05, 0.1) is 4.90 Å². The Kier molecular flexibility index (Phi) is 4.94. The van der Waals surface area contributed by atoms with Crippen LogP contribution in [0.2, 0.25) is 0 Å². The zero-order valence-electron chi connectivity index (χ0n) is 11.7. The summed E-state index contributed by atoms with van der Waals surface area (Å²) in [5.41, 5.74) is 1.75. The maximum atomic E-state index is 13.4. The quantitative estimate of drug-likeness (QED) is 0.848. The van der Waals surface area contributed by atoms with Gasteiger partial charge in [-0.15, -0.1) is 0 Å². The van der Waals surface area contributed by atoms with E-state index in [1.807, 2.05) is 0 Å². The van der Waals surface area contributed by atoms with E-state index in [0.29, 0.717) is 12.1 Å². The van der Waals surface area contributed by atoms with Crippen LogP contribution in [0.15, 0.2) is 34.7 Å². The van der Waals surface area contributed by atoms with Gasteiger partial charge >= 0.3 is 0 Å². The molecule has 0 fully saturated rings. The number of benzene rings is 1. The maximum Gasteiger partial charge on any atom is 0.240 e. The molecule has 0 atom stereocenters. The number of rotatable bonds is 5. The van der Waals surface area contributed by atoms with E-state index in [2.05, 4.69) is 10.8 Å². The molecule has 3 nitrogen and oxygen atoms in total. The van der Waals surface area contributed by atoms with Crippen molar-refractivity contribution in [3.05, 3.63) is 41.2 Å². The molecule has 0 aliphatic heterocycles. The molecule has 1 aliphatic carbocycles. The Hall–Kier alpha value is -1.20. The van der Waals surface area contributed by atoms with Crippen LogP contribution in [0.5, 0.6) is 0 Å². The summed E-state index contributed by atoms with van der Waals surface area (Å²) in [4.78, 5) is -0.0155. The Morgan fingerprint density at radius 1 is 1.30 bits per heavy atom. The molecule has 0 aromatic heterocycles. The van der Waals surface area contributed by atoms with Gasteiger partial charge in [0.2, 0.25) is 10.0 Å². The van der Waals surface area contributed by atoms with E-state index in [-0.39, 0.29) is 4.90 Å². The van der Waals surface area contributed by atoms with Crippen LogP contribution in [-0.2, 0) is 10.0 Å². The first-order valence-electron chi connectivity index (χ1n) is 6.93. The summed E-state index contributed by atoms with van der Waals surface area (Å²) in [6.07, 6.45) is 7.47. The first-order chi connectivity index (χ1) is 9.49. The molecule has 0 spiro atoms. The first-order valence-corrected chi connectivity index (χ1v) is 8.41. The van der Waals surface area contributed by atoms with E-state index in [0.717, 1.165) is 25.3 Å². The fourth-order valence-corrected chi connectivity index (χ4v) is 3.35. The van der Waals surface area contributed by atoms with E-state index < -0.39 is 15.8 Å². The predicted molar refractivity (Wildman–Crippen MR) is 77.5 cm³/mol. The summed E-state index contributed by atoms with van der Waals surface area (Å²) in [7, 11) is -3.62. The summed E-state index contributed by atoms with van der Waals surface area (Å²) in [6, 6.07) is 3.98. The third-order valence-corrected chi connectivity index (χ3v) is 5.04. The molecule has 2 rings (SSSR count). The topological polar surface area (TPSA) is 46.2 Å². The second-order valence-corrected chi connectivity index (χ2v) is 6.93. The second kappa shape index (κ2) is 6.50. The summed E-state index contributed by atoms with van der Waals surface area (Å²) in [6.45, 7) is 1.97. The number of hydrogen-bond donors (Lipinski definition) is 1. The fraction of sp³-hybridized carbons (Fsp3) is 0.467. The number of sulfonamides is 1. The molecule has 0 saturated carbocycles. The van der Waals surface area contributed by atoms with Gasteiger partial charge in [-0.3, -0.25) is 0 Å². The number of halogens is 1. The Morgan fingerprint density at radius 2 is 2.10 bits per heavy atom. The molecule has 1 N–H and O–H groups in total. The van der Waals surface area contributed by atoms with E-state index >= 15 is 0 Å². The lowest BCUT2D eigenvalue weighted by atomic mass is 9.97. The molecule has 1 aromatic rings. The average Bonchev–Trinajstić information content (AvgIpc) is 2.43. The molecule has 1 aliphatic rings. The lowest BCUT2D eigenvalue weighted by molar-refractivity contribution is 0.575. The number of aryl methyl sites for hydroxylation is 1. The van der Waals surface area contributed by atoms with Crippen molar-refractivity contribution in [1.82, 2.24) is 4.72 Å². The number of nitrogens with one attached hydrogen (secondary N) is 1. The Labute approximate surface area is 119 Å². The van der Waals surface area contributed by atoms with Gasteiger partial charge in [0.1, 0.15) is 5.82 Å². The van der Waals surface area contributed by atoms with Gasteiger partial charge in [-0.1, -0.05) is 17.7 Å². The zero-order valence-corrected chi connectivity index (χ0v) is 12.5. The summed E-state index contributed by atoms with van der Waals surface area (Å²) in [5, 5.41) is 0. The van der Waals surface area contributed by atoms with E-state index in [9.17, 15) is 12.8 Å². The van der Waals surface area contributed by atoms with Crippen LogP contribution < -0.4 is 4.72 Å². The monoisotopic (exact) mass is 297 g/mol. The maximum absolute atomic E-state index is 13.4. The Balaban J connectivity index is 1.96. The third kappa shape index (κ3) is 3.90. The van der Waals surface area contributed by atoms with Crippen LogP contribution in [0, 0.1) is 12.7 Å². The molecular weight excluding hydrogens is 277 g/mol. The fourth-order valence-electron chi connectivity index (χ4n) is 2.30. The average molecular weight is 297 g/mol. The Bertz CT molecular complexity index is 608. The van der Waals surface area contributed by atoms with Crippen LogP contribution >= 0.6 is 0 Å². The largest absolute Gasteiger partial charge is 0.240 e. The first kappa shape index (κ1) is 15.2. The summed E-state index contributed by atoms with van der Waals surface area (Å²) >= 11 is 0. The van der Waals surface area contributed by atoms with Crippen LogP contribution in [0.3, 0.4) is 0 Å². The van der Waals surface area contributed by atoms with Gasteiger partial charge in [-0.2, -0.15) is 0 Å². The van der Waals surface area contributed by atoms with Gasteiger partial charge in [0.25, 0.3) is 0 Å². The predicted octanol–water partition coefficient (Wildman–Crippen LogP) is 3.30. The minimum Gasteiger partial charge on any atom is -0.211 e. The van der Waals surface area contributed by atoms with Crippen molar-refractivity contribution in [3.8, 4) is 0 Å². The van der Waals surface area contributed by atoms with Crippen LogP contribution in [-0.4, -0.2) is 15.0 Å². The molecule has 20 heavy (non-hydrogen) atoms. The molecule has 5 heteroatoms. The third-order valence-electron chi connectivity index (χ3n) is 3.58. The molecular formula is C15H20FNO2S. The van der Waals surface area contributed by atoms with Gasteiger partial charge in [-0.25, -0.2) is 17.5 Å². The minimum absolute atomic E-state index is 0.0155. The zero-order chi connectivity index (χ0) is 14.6. The van der Waals surface area contributed by atoms with Gasteiger partial charge in [0, 0.05) is 6.54 Å². The lowest BCUT2D eigenvalue weighted by Gasteiger charge is -2.13. The molecule has 0 unspecified atom stereocenters. The minimum atomic E-state index is -3.62. The van der Waals surface area contributed by atoms with Gasteiger partial charge < -0.3 is 0 Å². The molecule has 0 amide bonds. The van der Waals surface area contributed by atoms with Crippen molar-refractivity contribution >= 4 is 10.0 Å². The molecule has 0 radical (unpaired) electrons. The van der Waals surface area contributed by atoms with Crippen molar-refractivity contribution in [2.24, 2.45) is 0 Å². The van der Waals surface area contributed by atoms with Gasteiger partial charge in [0.15, 0.2) is 0 Å². The van der Waals surface area contributed by atoms with Crippen molar-refractivity contribution in [3.63, 3.8) is 0 Å². The molecule has 0 heterocycles. The molecule has 1 aromatic carbocycles. The molecule has 0 saturated heterocycles. The highest BCUT2D eigenvalue weighted by Crippen LogP contribution is 2.20. The van der Waals surface area contributed by atoms with Crippen molar-refractivity contribution < 1.29 is 12.8 Å². The van der Waals surface area contributed by atoms with Crippen molar-refractivity contribution in [1.29, 1.82) is 0 Å². The van der Waals surface area contributed by atoms with Crippen LogP contribution in [0.25, 0.3) is 0 Å². The molecule has 110 valence electrons. The number of allylic oxidation sites excluding steroid dienone is 1. The standard InChI is InChI=1S/C15H20FNO2S/c1-12-7-8-14(11-15(12)16)20(18,19)17-10-9-13-5-3-2-4-6-13/h5,7-8,11,17H,2-4,6,9-10H2,1H3. The normalized spacial score (nSPS) is 16.0. The summed E-state index contributed by atoms with van der Waals surface area (Å²) < 4.78 is 40.0. The smallest absolute Gasteiger partial charge is 0.211 e. The van der Waals surface area contributed by atoms with Crippen molar-refractivity contribution in [2.45, 2.75) is 43.9 Å². The molecule has 0 bridgehead atoms. The van der Waals surface area contributed by atoms with Gasteiger partial charge in [-0.05, 0) is 56.7 Å². The van der Waals surface area contributed by atoms with Crippen LogP contribution in [0.1, 0.15) is 37.7 Å². The highest BCUT2D eigenvalue weighted by atomic mass is 32.2. The lowest BCUT2D eigenvalue weighted by Crippen LogP contribution is -2.25. The SMILES string of the molecule is Cc1ccc(S(=O)(=O)NCCC2=CCCCC2)cc1F. The van der Waals surface area contributed by atoms with Crippen LogP contribution in [0.4, 0.5) is 4.39 Å². The van der Waals surface area contributed by atoms with E-state index in [4.69, 9.17) is 0 Å². The highest BCUT2D eigenvalue weighted by Gasteiger charge is 2.15. The second-order valence-electron chi connectivity index (χ2n) is 5.17.